The van der Waals surface area contributed by atoms with Gasteiger partial charge in [-0.3, -0.25) is 14.7 Å². The van der Waals surface area contributed by atoms with Gasteiger partial charge >= 0.3 is 5.97 Å². The molecule has 0 radical (unpaired) electrons. The number of aryl methyl sites for hydroxylation is 1. The van der Waals surface area contributed by atoms with E-state index < -0.39 is 23.5 Å². The number of hydrogen-bond acceptors (Lipinski definition) is 4. The van der Waals surface area contributed by atoms with Gasteiger partial charge in [-0.25, -0.2) is 8.78 Å². The standard InChI is InChI=1S/C28H28F2N2O3/c1-35-21-10-11-27-23(17-21)19(12-14-31-27)5-2-6-20-13-16-32(18-24(20)28(33)34)15-4-7-22-25(29)8-3-9-26(22)30/h3,8-12,14,17,20,24H,2,5-6,13,15-16,18H2,1H3,(H,33,34)/t20-,24+/m1/s1. The second kappa shape index (κ2) is 11.3. The molecule has 1 N–H and O–H groups in total. The average Bonchev–Trinajstić information content (AvgIpc) is 2.86. The van der Waals surface area contributed by atoms with Gasteiger partial charge in [0.15, 0.2) is 0 Å². The van der Waals surface area contributed by atoms with Gasteiger partial charge in [0.2, 0.25) is 0 Å². The van der Waals surface area contributed by atoms with E-state index in [2.05, 4.69) is 16.8 Å². The zero-order valence-electron chi connectivity index (χ0n) is 19.6. The van der Waals surface area contributed by atoms with Gasteiger partial charge in [-0.05, 0) is 80.1 Å². The number of carboxylic acid groups (broad SMARTS) is 1. The molecular formula is C28H28F2N2O3. The van der Waals surface area contributed by atoms with Crippen molar-refractivity contribution in [3.63, 3.8) is 0 Å². The Kier molecular flexibility index (Phi) is 7.94. The van der Waals surface area contributed by atoms with E-state index in [1.165, 1.54) is 23.8 Å². The van der Waals surface area contributed by atoms with Crippen molar-refractivity contribution in [2.75, 3.05) is 26.7 Å². The normalized spacial score (nSPS) is 18.1. The van der Waals surface area contributed by atoms with Crippen molar-refractivity contribution in [2.45, 2.75) is 25.7 Å². The highest BCUT2D eigenvalue weighted by atomic mass is 19.1. The van der Waals surface area contributed by atoms with Crippen LogP contribution in [0, 0.1) is 35.3 Å². The first kappa shape index (κ1) is 24.6. The number of rotatable bonds is 7. The first-order valence-corrected chi connectivity index (χ1v) is 11.8. The predicted molar refractivity (Wildman–Crippen MR) is 130 cm³/mol. The maximum atomic E-state index is 13.8. The molecule has 0 aliphatic carbocycles. The predicted octanol–water partition coefficient (Wildman–Crippen LogP) is 4.92. The molecule has 1 saturated heterocycles. The van der Waals surface area contributed by atoms with E-state index in [9.17, 15) is 18.7 Å². The number of fused-ring (bicyclic) bond motifs is 1. The molecule has 0 bridgehead atoms. The molecule has 2 aromatic carbocycles. The van der Waals surface area contributed by atoms with Gasteiger partial charge in [0.1, 0.15) is 17.4 Å². The number of aromatic nitrogens is 1. The number of carbonyl (C=O) groups is 1. The molecule has 1 aromatic heterocycles. The highest BCUT2D eigenvalue weighted by Gasteiger charge is 2.33. The number of halogens is 2. The van der Waals surface area contributed by atoms with Gasteiger partial charge in [-0.2, -0.15) is 0 Å². The third-order valence-electron chi connectivity index (χ3n) is 6.70. The second-order valence-corrected chi connectivity index (χ2v) is 8.87. The minimum atomic E-state index is -0.813. The van der Waals surface area contributed by atoms with Gasteiger partial charge in [-0.15, -0.1) is 0 Å². The van der Waals surface area contributed by atoms with Crippen LogP contribution in [0.3, 0.4) is 0 Å². The number of pyridine rings is 1. The lowest BCUT2D eigenvalue weighted by Crippen LogP contribution is -2.44. The summed E-state index contributed by atoms with van der Waals surface area (Å²) in [6, 6.07) is 11.5. The number of carboxylic acids is 1. The van der Waals surface area contributed by atoms with E-state index in [4.69, 9.17) is 4.74 Å². The fraction of sp³-hybridized carbons (Fsp3) is 0.357. The van der Waals surface area contributed by atoms with Crippen LogP contribution in [0.5, 0.6) is 5.75 Å². The molecule has 1 aliphatic rings. The van der Waals surface area contributed by atoms with Crippen LogP contribution in [0.1, 0.15) is 30.4 Å². The minimum Gasteiger partial charge on any atom is -0.497 e. The summed E-state index contributed by atoms with van der Waals surface area (Å²) >= 11 is 0. The van der Waals surface area contributed by atoms with Gasteiger partial charge in [0.05, 0.1) is 30.7 Å². The Hall–Kier alpha value is -3.50. The van der Waals surface area contributed by atoms with Crippen molar-refractivity contribution < 1.29 is 23.4 Å². The van der Waals surface area contributed by atoms with Gasteiger partial charge in [0, 0.05) is 18.1 Å². The van der Waals surface area contributed by atoms with Crippen LogP contribution in [0.4, 0.5) is 8.78 Å². The Labute approximate surface area is 203 Å². The highest BCUT2D eigenvalue weighted by Crippen LogP contribution is 2.30. The molecule has 4 rings (SSSR count). The van der Waals surface area contributed by atoms with Crippen LogP contribution in [0.15, 0.2) is 48.7 Å². The third kappa shape index (κ3) is 5.95. The lowest BCUT2D eigenvalue weighted by molar-refractivity contribution is -0.146. The summed E-state index contributed by atoms with van der Waals surface area (Å²) in [5.41, 5.74) is 1.84. The summed E-state index contributed by atoms with van der Waals surface area (Å²) in [5, 5.41) is 10.9. The minimum absolute atomic E-state index is 0.0726. The number of methoxy groups -OCH3 is 1. The maximum absolute atomic E-state index is 13.8. The number of benzene rings is 2. The molecule has 3 aromatic rings. The van der Waals surface area contributed by atoms with Crippen LogP contribution < -0.4 is 4.74 Å². The van der Waals surface area contributed by atoms with Gasteiger partial charge in [-0.1, -0.05) is 17.9 Å². The Morgan fingerprint density at radius 2 is 2.03 bits per heavy atom. The molecule has 0 unspecified atom stereocenters. The zero-order valence-corrected chi connectivity index (χ0v) is 19.6. The Bertz CT molecular complexity index is 1250. The maximum Gasteiger partial charge on any atom is 0.308 e. The molecule has 2 heterocycles. The lowest BCUT2D eigenvalue weighted by atomic mass is 9.81. The summed E-state index contributed by atoms with van der Waals surface area (Å²) in [7, 11) is 1.64. The van der Waals surface area contributed by atoms with Crippen molar-refractivity contribution in [1.82, 2.24) is 9.88 Å². The largest absolute Gasteiger partial charge is 0.497 e. The van der Waals surface area contributed by atoms with Crippen LogP contribution in [-0.4, -0.2) is 47.7 Å². The van der Waals surface area contributed by atoms with E-state index in [1.807, 2.05) is 29.2 Å². The van der Waals surface area contributed by atoms with E-state index >= 15 is 0 Å². The quantitative estimate of drug-likeness (QED) is 0.489. The topological polar surface area (TPSA) is 62.7 Å². The molecule has 0 spiro atoms. The molecule has 0 saturated carbocycles. The lowest BCUT2D eigenvalue weighted by Gasteiger charge is -2.35. The van der Waals surface area contributed by atoms with Crippen LogP contribution >= 0.6 is 0 Å². The number of piperidine rings is 1. The number of likely N-dealkylation sites (tertiary alicyclic amines) is 1. The molecule has 2 atom stereocenters. The molecule has 0 amide bonds. The number of nitrogens with zero attached hydrogens (tertiary/aromatic N) is 2. The van der Waals surface area contributed by atoms with Crippen molar-refractivity contribution in [1.29, 1.82) is 0 Å². The molecule has 1 fully saturated rings. The number of hydrogen-bond donors (Lipinski definition) is 1. The van der Waals surface area contributed by atoms with Crippen LogP contribution in [0.2, 0.25) is 0 Å². The van der Waals surface area contributed by atoms with E-state index in [0.29, 0.717) is 13.1 Å². The number of aliphatic carboxylic acids is 1. The third-order valence-corrected chi connectivity index (χ3v) is 6.70. The summed E-state index contributed by atoms with van der Waals surface area (Å²) in [6.45, 7) is 1.36. The summed E-state index contributed by atoms with van der Waals surface area (Å²) in [6.07, 6.45) is 5.06. The van der Waals surface area contributed by atoms with E-state index in [-0.39, 0.29) is 18.0 Å². The smallest absolute Gasteiger partial charge is 0.308 e. The van der Waals surface area contributed by atoms with Crippen LogP contribution in [-0.2, 0) is 11.2 Å². The molecule has 35 heavy (non-hydrogen) atoms. The van der Waals surface area contributed by atoms with E-state index in [0.717, 1.165) is 42.3 Å². The fourth-order valence-electron chi connectivity index (χ4n) is 4.78. The van der Waals surface area contributed by atoms with Crippen molar-refractivity contribution in [3.05, 3.63) is 71.4 Å². The molecule has 7 heteroatoms. The Balaban J connectivity index is 1.35. The zero-order chi connectivity index (χ0) is 24.8. The monoisotopic (exact) mass is 478 g/mol. The van der Waals surface area contributed by atoms with Gasteiger partial charge in [0.25, 0.3) is 0 Å². The fourth-order valence-corrected chi connectivity index (χ4v) is 4.78. The summed E-state index contributed by atoms with van der Waals surface area (Å²) < 4.78 is 32.9. The molecule has 182 valence electrons. The van der Waals surface area contributed by atoms with Crippen molar-refractivity contribution in [2.24, 2.45) is 11.8 Å². The molecule has 5 nitrogen and oxygen atoms in total. The molecular weight excluding hydrogens is 450 g/mol. The summed E-state index contributed by atoms with van der Waals surface area (Å²) in [4.78, 5) is 18.4. The second-order valence-electron chi connectivity index (χ2n) is 8.87. The average molecular weight is 479 g/mol. The van der Waals surface area contributed by atoms with Gasteiger partial charge < -0.3 is 9.84 Å². The highest BCUT2D eigenvalue weighted by molar-refractivity contribution is 5.83. The number of ether oxygens (including phenoxy) is 1. The van der Waals surface area contributed by atoms with Crippen molar-refractivity contribution in [3.8, 4) is 17.6 Å². The van der Waals surface area contributed by atoms with E-state index in [1.54, 1.807) is 13.3 Å². The SMILES string of the molecule is COc1ccc2nccc(CCC[C@@H]3CCN(CC#Cc4c(F)cccc4F)C[C@@H]3C(=O)O)c2c1. The first-order valence-electron chi connectivity index (χ1n) is 11.8. The van der Waals surface area contributed by atoms with Crippen molar-refractivity contribution >= 4 is 16.9 Å². The molecule has 1 aliphatic heterocycles. The Morgan fingerprint density at radius 3 is 2.77 bits per heavy atom. The first-order chi connectivity index (χ1) is 17.0. The van der Waals surface area contributed by atoms with Crippen LogP contribution in [0.25, 0.3) is 10.9 Å². The Morgan fingerprint density at radius 1 is 1.23 bits per heavy atom. The summed E-state index contributed by atoms with van der Waals surface area (Å²) in [5.74, 6) is 3.52.